The van der Waals surface area contributed by atoms with Crippen molar-refractivity contribution < 1.29 is 14.6 Å². The molecule has 0 radical (unpaired) electrons. The Hall–Kier alpha value is -1.09. The molecule has 0 aromatic heterocycles. The van der Waals surface area contributed by atoms with Crippen LogP contribution in [0.4, 0.5) is 0 Å². The number of hydrogen-bond donors (Lipinski definition) is 1. The minimum atomic E-state index is -0.142. The number of allylic oxidation sites excluding steroid dienone is 1. The van der Waals surface area contributed by atoms with Crippen molar-refractivity contribution in [3.8, 4) is 0 Å². The maximum Gasteiger partial charge on any atom is 0.334 e. The van der Waals surface area contributed by atoms with Gasteiger partial charge in [-0.1, -0.05) is 32.4 Å². The molecule has 23 heavy (non-hydrogen) atoms. The molecule has 0 aromatic rings. The van der Waals surface area contributed by atoms with Crippen molar-refractivity contribution in [3.63, 3.8) is 0 Å². The molecule has 1 aliphatic heterocycles. The molecule has 1 heterocycles. The van der Waals surface area contributed by atoms with Gasteiger partial charge in [0.1, 0.15) is 6.61 Å². The number of hydrogen-bond acceptors (Lipinski definition) is 3. The number of aliphatic hydroxyl groups is 1. The fourth-order valence-electron chi connectivity index (χ4n) is 5.70. The van der Waals surface area contributed by atoms with Crippen molar-refractivity contribution in [2.45, 2.75) is 58.8 Å². The molecule has 0 bridgehead atoms. The van der Waals surface area contributed by atoms with Crippen LogP contribution in [0.3, 0.4) is 0 Å². The van der Waals surface area contributed by atoms with Gasteiger partial charge in [0.2, 0.25) is 0 Å². The van der Waals surface area contributed by atoms with Gasteiger partial charge in [-0.05, 0) is 67.3 Å². The Bertz CT molecular complexity index is 535. The van der Waals surface area contributed by atoms with Gasteiger partial charge >= 0.3 is 5.97 Å². The molecular formula is C20H30O3. The average molecular weight is 318 g/mol. The highest BCUT2D eigenvalue weighted by Crippen LogP contribution is 2.61. The number of esters is 1. The lowest BCUT2D eigenvalue weighted by Gasteiger charge is -2.58. The number of aliphatic hydroxyl groups excluding tert-OH is 1. The summed E-state index contributed by atoms with van der Waals surface area (Å²) in [5, 5.41) is 10.0. The van der Waals surface area contributed by atoms with Gasteiger partial charge in [0, 0.05) is 12.2 Å². The molecule has 3 aliphatic rings. The molecule has 4 atom stereocenters. The molecule has 0 aromatic carbocycles. The Balaban J connectivity index is 1.80. The van der Waals surface area contributed by atoms with E-state index in [0.717, 1.165) is 37.7 Å². The van der Waals surface area contributed by atoms with E-state index in [1.807, 2.05) is 6.08 Å². The Morgan fingerprint density at radius 2 is 2.17 bits per heavy atom. The van der Waals surface area contributed by atoms with E-state index in [2.05, 4.69) is 20.4 Å². The zero-order chi connectivity index (χ0) is 16.7. The lowest BCUT2D eigenvalue weighted by molar-refractivity contribution is -0.136. The van der Waals surface area contributed by atoms with Gasteiger partial charge in [0.15, 0.2) is 0 Å². The molecule has 128 valence electrons. The zero-order valence-corrected chi connectivity index (χ0v) is 14.6. The van der Waals surface area contributed by atoms with E-state index in [9.17, 15) is 9.90 Å². The Morgan fingerprint density at radius 3 is 2.83 bits per heavy atom. The molecule has 0 unspecified atom stereocenters. The molecule has 3 nitrogen and oxygen atoms in total. The van der Waals surface area contributed by atoms with Crippen LogP contribution in [0, 0.1) is 22.7 Å². The second-order valence-corrected chi connectivity index (χ2v) is 8.34. The number of carbonyl (C=O) groups excluding carboxylic acids is 1. The minimum absolute atomic E-state index is 0.0392. The van der Waals surface area contributed by atoms with Crippen LogP contribution in [0.1, 0.15) is 58.8 Å². The predicted molar refractivity (Wildman–Crippen MR) is 90.8 cm³/mol. The van der Waals surface area contributed by atoms with Crippen molar-refractivity contribution in [3.05, 3.63) is 23.8 Å². The fraction of sp³-hybridized carbons (Fsp3) is 0.750. The molecule has 2 aliphatic carbocycles. The van der Waals surface area contributed by atoms with Crippen LogP contribution in [0.25, 0.3) is 0 Å². The third-order valence-electron chi connectivity index (χ3n) is 7.01. The van der Waals surface area contributed by atoms with Crippen LogP contribution in [0.5, 0.6) is 0 Å². The summed E-state index contributed by atoms with van der Waals surface area (Å²) in [5.41, 5.74) is 2.42. The molecule has 0 saturated heterocycles. The summed E-state index contributed by atoms with van der Waals surface area (Å²) >= 11 is 0. The maximum absolute atomic E-state index is 11.7. The summed E-state index contributed by atoms with van der Waals surface area (Å²) in [6, 6.07) is 0. The maximum atomic E-state index is 11.7. The topological polar surface area (TPSA) is 46.5 Å². The second-order valence-electron chi connectivity index (χ2n) is 8.34. The molecule has 0 amide bonds. The number of rotatable bonds is 4. The van der Waals surface area contributed by atoms with E-state index >= 15 is 0 Å². The first-order valence-electron chi connectivity index (χ1n) is 9.05. The van der Waals surface area contributed by atoms with Gasteiger partial charge in [0.25, 0.3) is 0 Å². The zero-order valence-electron chi connectivity index (χ0n) is 14.6. The lowest BCUT2D eigenvalue weighted by atomic mass is 9.47. The summed E-state index contributed by atoms with van der Waals surface area (Å²) < 4.78 is 5.03. The monoisotopic (exact) mass is 318 g/mol. The van der Waals surface area contributed by atoms with E-state index in [1.165, 1.54) is 18.4 Å². The summed E-state index contributed by atoms with van der Waals surface area (Å²) in [6.07, 6.45) is 9.42. The Morgan fingerprint density at radius 1 is 1.39 bits per heavy atom. The van der Waals surface area contributed by atoms with Crippen molar-refractivity contribution >= 4 is 5.97 Å². The molecule has 3 heteroatoms. The quantitative estimate of drug-likeness (QED) is 0.629. The molecule has 2 fully saturated rings. The summed E-state index contributed by atoms with van der Waals surface area (Å²) in [5.74, 6) is 0.854. The summed E-state index contributed by atoms with van der Waals surface area (Å²) in [6.45, 7) is 9.75. The van der Waals surface area contributed by atoms with Gasteiger partial charge < -0.3 is 9.84 Å². The van der Waals surface area contributed by atoms with E-state index in [4.69, 9.17) is 4.74 Å². The van der Waals surface area contributed by atoms with Crippen molar-refractivity contribution in [2.24, 2.45) is 22.7 Å². The van der Waals surface area contributed by atoms with Gasteiger partial charge in [0.05, 0.1) is 0 Å². The molecule has 1 N–H and O–H groups in total. The van der Waals surface area contributed by atoms with Crippen LogP contribution in [0.15, 0.2) is 23.8 Å². The molecule has 2 saturated carbocycles. The highest BCUT2D eigenvalue weighted by Gasteiger charge is 2.54. The molecule has 0 spiro atoms. The third-order valence-corrected chi connectivity index (χ3v) is 7.01. The van der Waals surface area contributed by atoms with Crippen molar-refractivity contribution in [2.75, 3.05) is 13.2 Å². The SMILES string of the molecule is C=C1CC[C@H]2[C@](C)(CO)CCC[C@@]2(C)[C@@H]1CCC1=CCOC1=O. The number of cyclic esters (lactones) is 1. The molecule has 3 rings (SSSR count). The molecular weight excluding hydrogens is 288 g/mol. The number of carbonyl (C=O) groups is 1. The Kier molecular flexibility index (Phi) is 4.43. The van der Waals surface area contributed by atoms with E-state index < -0.39 is 0 Å². The summed E-state index contributed by atoms with van der Waals surface area (Å²) in [4.78, 5) is 11.7. The van der Waals surface area contributed by atoms with Crippen LogP contribution in [-0.2, 0) is 9.53 Å². The van der Waals surface area contributed by atoms with Gasteiger partial charge in [-0.2, -0.15) is 0 Å². The standard InChI is InChI=1S/C20H30O3/c1-14-5-8-17-19(2,13-21)10-4-11-20(17,3)16(14)7-6-15-9-12-23-18(15)22/h9,16-17,21H,1,4-8,10-13H2,2-3H3/t16-,17+,19+,20+/m1/s1. The van der Waals surface area contributed by atoms with E-state index in [-0.39, 0.29) is 23.4 Å². The first kappa shape index (κ1) is 16.8. The first-order chi connectivity index (χ1) is 10.9. The third kappa shape index (κ3) is 2.77. The fourth-order valence-corrected chi connectivity index (χ4v) is 5.70. The normalized spacial score (nSPS) is 40.6. The van der Waals surface area contributed by atoms with Crippen LogP contribution >= 0.6 is 0 Å². The van der Waals surface area contributed by atoms with Crippen LogP contribution < -0.4 is 0 Å². The number of ether oxygens (including phenoxy) is 1. The smallest absolute Gasteiger partial charge is 0.334 e. The van der Waals surface area contributed by atoms with Gasteiger partial charge in [-0.15, -0.1) is 0 Å². The average Bonchev–Trinajstić information content (AvgIpc) is 2.91. The Labute approximate surface area is 139 Å². The van der Waals surface area contributed by atoms with Crippen LogP contribution in [0.2, 0.25) is 0 Å². The minimum Gasteiger partial charge on any atom is -0.458 e. The first-order valence-corrected chi connectivity index (χ1v) is 9.05. The van der Waals surface area contributed by atoms with Gasteiger partial charge in [-0.25, -0.2) is 4.79 Å². The van der Waals surface area contributed by atoms with Crippen molar-refractivity contribution in [1.82, 2.24) is 0 Å². The van der Waals surface area contributed by atoms with Gasteiger partial charge in [-0.3, -0.25) is 0 Å². The van der Waals surface area contributed by atoms with E-state index in [1.54, 1.807) is 0 Å². The highest BCUT2D eigenvalue weighted by molar-refractivity contribution is 5.90. The summed E-state index contributed by atoms with van der Waals surface area (Å²) in [7, 11) is 0. The largest absolute Gasteiger partial charge is 0.458 e. The van der Waals surface area contributed by atoms with Crippen molar-refractivity contribution in [1.29, 1.82) is 0 Å². The number of fused-ring (bicyclic) bond motifs is 1. The van der Waals surface area contributed by atoms with E-state index in [0.29, 0.717) is 18.4 Å². The highest BCUT2D eigenvalue weighted by atomic mass is 16.5. The second kappa shape index (κ2) is 6.08. The van der Waals surface area contributed by atoms with Crippen LogP contribution in [-0.4, -0.2) is 24.3 Å². The predicted octanol–water partition coefficient (Wildman–Crippen LogP) is 4.02. The lowest BCUT2D eigenvalue weighted by Crippen LogP contribution is -2.51.